The molecule has 5 rings (SSSR count). The van der Waals surface area contributed by atoms with E-state index in [9.17, 15) is 4.79 Å². The lowest BCUT2D eigenvalue weighted by Gasteiger charge is -2.38. The topological polar surface area (TPSA) is 70.5 Å². The Morgan fingerprint density at radius 1 is 1.23 bits per heavy atom. The zero-order chi connectivity index (χ0) is 21.4. The number of carbonyl (C=O) groups excluding carboxylic acids is 1. The van der Waals surface area contributed by atoms with Crippen LogP contribution in [0.25, 0.3) is 0 Å². The molecule has 3 aliphatic heterocycles. The molecular weight excluding hydrogens is 509 g/mol. The van der Waals surface area contributed by atoms with Gasteiger partial charge in [-0.05, 0) is 30.2 Å². The third-order valence-corrected chi connectivity index (χ3v) is 6.55. The zero-order valence-electron chi connectivity index (χ0n) is 17.3. The fraction of sp³-hybridized carbons (Fsp3) is 0.409. The maximum atomic E-state index is 13.6. The summed E-state index contributed by atoms with van der Waals surface area (Å²) < 4.78 is 10.7. The van der Waals surface area contributed by atoms with Crippen LogP contribution in [0.3, 0.4) is 0 Å². The van der Waals surface area contributed by atoms with Gasteiger partial charge in [0.25, 0.3) is 0 Å². The van der Waals surface area contributed by atoms with Crippen LogP contribution in [0.4, 0.5) is 16.2 Å². The minimum Gasteiger partial charge on any atom is -0.428 e. The smallest absolute Gasteiger partial charge is 0.330 e. The van der Waals surface area contributed by atoms with Gasteiger partial charge in [-0.1, -0.05) is 19.1 Å². The summed E-state index contributed by atoms with van der Waals surface area (Å²) in [5.74, 6) is 1.48. The van der Waals surface area contributed by atoms with Crippen LogP contribution in [0.1, 0.15) is 24.6 Å². The largest absolute Gasteiger partial charge is 0.428 e. The van der Waals surface area contributed by atoms with E-state index in [1.165, 1.54) is 0 Å². The number of amides is 2. The van der Waals surface area contributed by atoms with Gasteiger partial charge in [-0.3, -0.25) is 14.8 Å². The lowest BCUT2D eigenvalue weighted by Crippen LogP contribution is -2.53. The summed E-state index contributed by atoms with van der Waals surface area (Å²) >= 11 is 1.87. The van der Waals surface area contributed by atoms with Crippen molar-refractivity contribution in [3.05, 3.63) is 47.8 Å². The van der Waals surface area contributed by atoms with Gasteiger partial charge in [0, 0.05) is 13.1 Å². The van der Waals surface area contributed by atoms with Gasteiger partial charge in [-0.15, -0.1) is 0 Å². The van der Waals surface area contributed by atoms with Crippen LogP contribution in [-0.4, -0.2) is 60.6 Å². The third kappa shape index (κ3) is 3.73. The number of nitrogens with zero attached hydrogens (tertiary/aromatic N) is 5. The summed E-state index contributed by atoms with van der Waals surface area (Å²) in [4.78, 5) is 29.0. The minimum absolute atomic E-state index is 0.0363. The first-order valence-electron chi connectivity index (χ1n) is 10.6. The van der Waals surface area contributed by atoms with Crippen molar-refractivity contribution in [2.45, 2.75) is 25.9 Å². The average Bonchev–Trinajstić information content (AvgIpc) is 3.27. The van der Waals surface area contributed by atoms with Crippen LogP contribution in [-0.2, 0) is 11.3 Å². The van der Waals surface area contributed by atoms with E-state index in [-0.39, 0.29) is 12.1 Å². The zero-order valence-corrected chi connectivity index (χ0v) is 19.5. The molecule has 2 amide bonds. The number of aliphatic imine (C=N–C) groups is 1. The molecule has 1 fully saturated rings. The normalized spacial score (nSPS) is 20.5. The van der Waals surface area contributed by atoms with Crippen LogP contribution >= 0.6 is 23.0 Å². The highest BCUT2D eigenvalue weighted by Gasteiger charge is 2.42. The number of hydrogen-bond donors (Lipinski definition) is 0. The van der Waals surface area contributed by atoms with Crippen molar-refractivity contribution in [1.82, 2.24) is 9.88 Å². The fourth-order valence-electron chi connectivity index (χ4n) is 4.30. The molecule has 1 aromatic carbocycles. The molecule has 162 valence electrons. The molecule has 1 atom stereocenters. The van der Waals surface area contributed by atoms with Gasteiger partial charge in [-0.2, -0.15) is 0 Å². The fourth-order valence-corrected chi connectivity index (χ4v) is 4.59. The van der Waals surface area contributed by atoms with Gasteiger partial charge >= 0.3 is 6.03 Å². The van der Waals surface area contributed by atoms with Crippen molar-refractivity contribution < 1.29 is 12.6 Å². The molecule has 0 N–H and O–H groups in total. The summed E-state index contributed by atoms with van der Waals surface area (Å²) in [6.07, 6.45) is 2.75. The Morgan fingerprint density at radius 2 is 2.00 bits per heavy atom. The van der Waals surface area contributed by atoms with E-state index in [1.807, 2.05) is 63.3 Å². The number of urea groups is 1. The molecule has 1 saturated heterocycles. The molecule has 0 aliphatic carbocycles. The van der Waals surface area contributed by atoms with E-state index in [0.29, 0.717) is 32.1 Å². The Morgan fingerprint density at radius 3 is 2.71 bits per heavy atom. The molecular formula is C22H24IN5O3. The second-order valence-corrected chi connectivity index (χ2v) is 8.29. The molecule has 4 heterocycles. The Bertz CT molecular complexity index is 1010. The molecule has 8 nitrogen and oxygen atoms in total. The predicted molar refractivity (Wildman–Crippen MR) is 127 cm³/mol. The molecule has 0 radical (unpaired) electrons. The second kappa shape index (κ2) is 8.62. The van der Waals surface area contributed by atoms with Crippen molar-refractivity contribution in [3.8, 4) is 5.75 Å². The highest BCUT2D eigenvalue weighted by molar-refractivity contribution is 14.1. The van der Waals surface area contributed by atoms with Crippen LogP contribution in [0.15, 0.2) is 41.5 Å². The SMILES string of the molecule is CCC1CN=C2c3ncc(N4CCOCC4)cc3N(Cc3ccc(OI)cc3)C(=O)N21. The van der Waals surface area contributed by atoms with Crippen LogP contribution in [0.2, 0.25) is 0 Å². The number of morpholine rings is 1. The van der Waals surface area contributed by atoms with E-state index in [1.54, 1.807) is 0 Å². The standard InChI is InChI=1S/C22H24IN5O3/c1-2-16-12-25-21-20-19(11-17(13-24-20)26-7-9-30-10-8-26)27(22(29)28(16)21)14-15-3-5-18(31-23)6-4-15/h3-6,11,13,16H,2,7-10,12,14H2,1H3. The van der Waals surface area contributed by atoms with Crippen molar-refractivity contribution in [1.29, 1.82) is 0 Å². The number of amidine groups is 1. The van der Waals surface area contributed by atoms with Gasteiger partial charge in [0.05, 0.1) is 49.9 Å². The summed E-state index contributed by atoms with van der Waals surface area (Å²) in [5.41, 5.74) is 3.63. The van der Waals surface area contributed by atoms with E-state index in [2.05, 4.69) is 22.9 Å². The lowest BCUT2D eigenvalue weighted by atomic mass is 10.1. The minimum atomic E-state index is -0.0363. The van der Waals surface area contributed by atoms with Crippen LogP contribution < -0.4 is 12.9 Å². The lowest BCUT2D eigenvalue weighted by molar-refractivity contribution is 0.122. The molecule has 9 heteroatoms. The first-order chi connectivity index (χ1) is 15.2. The molecule has 1 unspecified atom stereocenters. The van der Waals surface area contributed by atoms with Gasteiger partial charge in [0.2, 0.25) is 0 Å². The highest BCUT2D eigenvalue weighted by atomic mass is 127. The molecule has 1 aromatic heterocycles. The number of rotatable bonds is 5. The Labute approximate surface area is 195 Å². The molecule has 31 heavy (non-hydrogen) atoms. The summed E-state index contributed by atoms with van der Waals surface area (Å²) in [5, 5.41) is 0. The number of benzene rings is 1. The second-order valence-electron chi connectivity index (χ2n) is 7.85. The van der Waals surface area contributed by atoms with Crippen molar-refractivity contribution in [2.75, 3.05) is 42.6 Å². The Balaban J connectivity index is 1.54. The van der Waals surface area contributed by atoms with Crippen LogP contribution in [0, 0.1) is 0 Å². The number of anilines is 2. The molecule has 0 spiro atoms. The number of fused-ring (bicyclic) bond motifs is 3. The van der Waals surface area contributed by atoms with Gasteiger partial charge in [0.1, 0.15) is 11.4 Å². The van der Waals surface area contributed by atoms with Gasteiger partial charge in [-0.25, -0.2) is 9.78 Å². The number of hydrogen-bond acceptors (Lipinski definition) is 6. The van der Waals surface area contributed by atoms with E-state index < -0.39 is 0 Å². The average molecular weight is 533 g/mol. The monoisotopic (exact) mass is 533 g/mol. The number of halogens is 1. The first kappa shape index (κ1) is 20.5. The third-order valence-electron chi connectivity index (χ3n) is 6.04. The number of aromatic nitrogens is 1. The Hall–Kier alpha value is -2.40. The number of pyridine rings is 1. The van der Waals surface area contributed by atoms with E-state index >= 15 is 0 Å². The van der Waals surface area contributed by atoms with Crippen molar-refractivity contribution in [2.24, 2.45) is 4.99 Å². The molecule has 3 aliphatic rings. The maximum Gasteiger partial charge on any atom is 0.330 e. The van der Waals surface area contributed by atoms with Crippen LogP contribution in [0.5, 0.6) is 5.75 Å². The molecule has 2 aromatic rings. The van der Waals surface area contributed by atoms with Crippen molar-refractivity contribution >= 4 is 46.2 Å². The summed E-state index contributed by atoms with van der Waals surface area (Å²) in [7, 11) is 0. The highest BCUT2D eigenvalue weighted by Crippen LogP contribution is 2.36. The van der Waals surface area contributed by atoms with Crippen molar-refractivity contribution in [3.63, 3.8) is 0 Å². The predicted octanol–water partition coefficient (Wildman–Crippen LogP) is 3.63. The maximum absolute atomic E-state index is 13.6. The van der Waals surface area contributed by atoms with E-state index in [0.717, 1.165) is 47.9 Å². The van der Waals surface area contributed by atoms with Gasteiger partial charge in [0.15, 0.2) is 28.8 Å². The molecule has 0 bridgehead atoms. The number of carbonyl (C=O) groups is 1. The number of ether oxygens (including phenoxy) is 1. The van der Waals surface area contributed by atoms with Gasteiger partial charge < -0.3 is 12.7 Å². The first-order valence-corrected chi connectivity index (χ1v) is 11.4. The van der Waals surface area contributed by atoms with E-state index in [4.69, 9.17) is 12.8 Å². The summed E-state index contributed by atoms with van der Waals surface area (Å²) in [6, 6.07) is 9.93. The Kier molecular flexibility index (Phi) is 5.70. The quantitative estimate of drug-likeness (QED) is 0.550. The summed E-state index contributed by atoms with van der Waals surface area (Å²) in [6.45, 7) is 6.21. The molecule has 0 saturated carbocycles.